The number of hydrogen-bond acceptors (Lipinski definition) is 1. The van der Waals surface area contributed by atoms with E-state index in [4.69, 9.17) is 5.11 Å². The molecule has 2 nitrogen and oxygen atoms in total. The molecule has 0 aromatic heterocycles. The number of carbonyl (C=O) groups is 1. The van der Waals surface area contributed by atoms with Gasteiger partial charge in [-0.05, 0) is 29.5 Å². The summed E-state index contributed by atoms with van der Waals surface area (Å²) < 4.78 is 0. The Morgan fingerprint density at radius 3 is 2.73 bits per heavy atom. The Hall–Kier alpha value is -1.09. The second kappa shape index (κ2) is 4.19. The third kappa shape index (κ3) is 1.84. The first-order chi connectivity index (χ1) is 7.24. The van der Waals surface area contributed by atoms with E-state index in [1.165, 1.54) is 5.56 Å². The van der Waals surface area contributed by atoms with E-state index in [2.05, 4.69) is 22.0 Å². The summed E-state index contributed by atoms with van der Waals surface area (Å²) >= 11 is 3.37. The van der Waals surface area contributed by atoms with Crippen LogP contribution in [0.2, 0.25) is 0 Å². The molecular formula is C12H11BrO2. The fourth-order valence-electron chi connectivity index (χ4n) is 1.99. The molecule has 78 valence electrons. The molecule has 0 atom stereocenters. The molecule has 1 aliphatic carbocycles. The van der Waals surface area contributed by atoms with E-state index in [0.29, 0.717) is 17.3 Å². The largest absolute Gasteiger partial charge is 0.478 e. The molecule has 1 aliphatic rings. The summed E-state index contributed by atoms with van der Waals surface area (Å²) in [6.07, 6.45) is 1.46. The third-order valence-electron chi connectivity index (χ3n) is 2.74. The Morgan fingerprint density at radius 1 is 1.33 bits per heavy atom. The molecule has 0 amide bonds. The quantitative estimate of drug-likeness (QED) is 0.836. The van der Waals surface area contributed by atoms with Crippen molar-refractivity contribution in [2.75, 3.05) is 5.33 Å². The lowest BCUT2D eigenvalue weighted by molar-refractivity contribution is -0.132. The average molecular weight is 267 g/mol. The molecule has 3 heteroatoms. The van der Waals surface area contributed by atoms with Crippen LogP contribution in [0, 0.1) is 0 Å². The molecule has 0 aliphatic heterocycles. The Bertz CT molecular complexity index is 435. The van der Waals surface area contributed by atoms with Gasteiger partial charge in [0.25, 0.3) is 0 Å². The highest BCUT2D eigenvalue weighted by molar-refractivity contribution is 9.09. The maximum absolute atomic E-state index is 11.1. The van der Waals surface area contributed by atoms with Crippen LogP contribution in [0.15, 0.2) is 29.8 Å². The van der Waals surface area contributed by atoms with Gasteiger partial charge >= 0.3 is 5.97 Å². The average Bonchev–Trinajstić information content (AvgIpc) is 2.27. The number of benzene rings is 1. The van der Waals surface area contributed by atoms with E-state index in [1.807, 2.05) is 18.2 Å². The van der Waals surface area contributed by atoms with Gasteiger partial charge in [-0.1, -0.05) is 40.2 Å². The summed E-state index contributed by atoms with van der Waals surface area (Å²) in [6.45, 7) is 0. The molecule has 1 N–H and O–H groups in total. The predicted molar refractivity (Wildman–Crippen MR) is 63.1 cm³/mol. The van der Waals surface area contributed by atoms with Gasteiger partial charge in [0.15, 0.2) is 0 Å². The van der Waals surface area contributed by atoms with Crippen molar-refractivity contribution < 1.29 is 9.90 Å². The Labute approximate surface area is 96.7 Å². The van der Waals surface area contributed by atoms with Crippen LogP contribution in [-0.2, 0) is 11.2 Å². The van der Waals surface area contributed by atoms with Crippen molar-refractivity contribution in [2.24, 2.45) is 0 Å². The zero-order valence-corrected chi connectivity index (χ0v) is 9.75. The van der Waals surface area contributed by atoms with Gasteiger partial charge < -0.3 is 5.11 Å². The van der Waals surface area contributed by atoms with Crippen LogP contribution in [0.4, 0.5) is 0 Å². The van der Waals surface area contributed by atoms with Gasteiger partial charge in [-0.15, -0.1) is 0 Å². The van der Waals surface area contributed by atoms with Crippen LogP contribution < -0.4 is 0 Å². The molecule has 0 radical (unpaired) electrons. The van der Waals surface area contributed by atoms with Gasteiger partial charge in [-0.25, -0.2) is 4.79 Å². The first-order valence-electron chi connectivity index (χ1n) is 4.83. The molecule has 0 saturated heterocycles. The van der Waals surface area contributed by atoms with E-state index >= 15 is 0 Å². The predicted octanol–water partition coefficient (Wildman–Crippen LogP) is 2.87. The van der Waals surface area contributed by atoms with Gasteiger partial charge in [0.1, 0.15) is 0 Å². The minimum Gasteiger partial charge on any atom is -0.478 e. The number of fused-ring (bicyclic) bond motifs is 1. The van der Waals surface area contributed by atoms with Crippen LogP contribution in [0.3, 0.4) is 0 Å². The topological polar surface area (TPSA) is 37.3 Å². The molecule has 1 aromatic carbocycles. The normalized spacial score (nSPS) is 15.0. The van der Waals surface area contributed by atoms with Crippen LogP contribution in [0.25, 0.3) is 5.57 Å². The zero-order valence-electron chi connectivity index (χ0n) is 8.16. The third-order valence-corrected chi connectivity index (χ3v) is 3.30. The Balaban J connectivity index is 2.58. The smallest absolute Gasteiger partial charge is 0.331 e. The lowest BCUT2D eigenvalue weighted by Crippen LogP contribution is -2.12. The van der Waals surface area contributed by atoms with E-state index in [1.54, 1.807) is 0 Å². The number of hydrogen-bond donors (Lipinski definition) is 1. The van der Waals surface area contributed by atoms with Crippen molar-refractivity contribution in [3.63, 3.8) is 0 Å². The summed E-state index contributed by atoms with van der Waals surface area (Å²) in [7, 11) is 0. The number of aliphatic carboxylic acids is 1. The van der Waals surface area contributed by atoms with Gasteiger partial charge in [0.2, 0.25) is 0 Å². The van der Waals surface area contributed by atoms with Crippen LogP contribution in [-0.4, -0.2) is 16.4 Å². The van der Waals surface area contributed by atoms with Gasteiger partial charge in [-0.2, -0.15) is 0 Å². The number of rotatable bonds is 2. The van der Waals surface area contributed by atoms with Crippen molar-refractivity contribution in [1.29, 1.82) is 0 Å². The van der Waals surface area contributed by atoms with E-state index in [-0.39, 0.29) is 0 Å². The number of aryl methyl sites for hydroxylation is 1. The molecular weight excluding hydrogens is 256 g/mol. The molecule has 0 fully saturated rings. The highest BCUT2D eigenvalue weighted by Crippen LogP contribution is 2.32. The van der Waals surface area contributed by atoms with E-state index in [0.717, 1.165) is 17.6 Å². The number of carboxylic acid groups (broad SMARTS) is 1. The monoisotopic (exact) mass is 266 g/mol. The second-order valence-corrected chi connectivity index (χ2v) is 4.11. The van der Waals surface area contributed by atoms with Crippen molar-refractivity contribution >= 4 is 27.5 Å². The molecule has 1 aromatic rings. The highest BCUT2D eigenvalue weighted by atomic mass is 79.9. The first kappa shape index (κ1) is 10.4. The number of halogens is 1. The minimum absolute atomic E-state index is 0.547. The van der Waals surface area contributed by atoms with Gasteiger partial charge in [0, 0.05) is 10.9 Å². The molecule has 0 unspecified atom stereocenters. The van der Waals surface area contributed by atoms with Crippen molar-refractivity contribution in [3.05, 3.63) is 41.0 Å². The summed E-state index contributed by atoms with van der Waals surface area (Å²) in [5.74, 6) is -0.793. The standard InChI is InChI=1S/C12H11BrO2/c13-7-11-9-4-2-1-3-8(9)5-6-10(11)12(14)15/h1-4H,5-7H2,(H,14,15). The van der Waals surface area contributed by atoms with Crippen molar-refractivity contribution in [1.82, 2.24) is 0 Å². The molecule has 0 spiro atoms. The van der Waals surface area contributed by atoms with E-state index < -0.39 is 5.97 Å². The van der Waals surface area contributed by atoms with Crippen molar-refractivity contribution in [3.8, 4) is 0 Å². The molecule has 0 heterocycles. The number of alkyl halides is 1. The molecule has 0 saturated carbocycles. The fraction of sp³-hybridized carbons (Fsp3) is 0.250. The summed E-state index contributed by atoms with van der Waals surface area (Å²) in [5.41, 5.74) is 3.80. The maximum Gasteiger partial charge on any atom is 0.331 e. The SMILES string of the molecule is O=C(O)C1=C(CBr)c2ccccc2CC1. The molecule has 2 rings (SSSR count). The fourth-order valence-corrected chi connectivity index (χ4v) is 2.63. The lowest BCUT2D eigenvalue weighted by atomic mass is 9.86. The van der Waals surface area contributed by atoms with Gasteiger partial charge in [0.05, 0.1) is 0 Å². The summed E-state index contributed by atoms with van der Waals surface area (Å²) in [4.78, 5) is 11.1. The Morgan fingerprint density at radius 2 is 2.07 bits per heavy atom. The lowest BCUT2D eigenvalue weighted by Gasteiger charge is -2.19. The molecule has 15 heavy (non-hydrogen) atoms. The first-order valence-corrected chi connectivity index (χ1v) is 5.95. The number of carboxylic acids is 1. The van der Waals surface area contributed by atoms with Crippen molar-refractivity contribution in [2.45, 2.75) is 12.8 Å². The number of allylic oxidation sites excluding steroid dienone is 1. The maximum atomic E-state index is 11.1. The minimum atomic E-state index is -0.793. The zero-order chi connectivity index (χ0) is 10.8. The summed E-state index contributed by atoms with van der Waals surface area (Å²) in [6, 6.07) is 8.01. The molecule has 0 bridgehead atoms. The van der Waals surface area contributed by atoms with Gasteiger partial charge in [-0.3, -0.25) is 0 Å². The Kier molecular flexibility index (Phi) is 2.91. The van der Waals surface area contributed by atoms with Crippen LogP contribution in [0.1, 0.15) is 17.5 Å². The van der Waals surface area contributed by atoms with Crippen LogP contribution >= 0.6 is 15.9 Å². The second-order valence-electron chi connectivity index (χ2n) is 3.55. The highest BCUT2D eigenvalue weighted by Gasteiger charge is 2.21. The van der Waals surface area contributed by atoms with Crippen LogP contribution in [0.5, 0.6) is 0 Å². The summed E-state index contributed by atoms with van der Waals surface area (Å²) in [5, 5.41) is 9.69. The van der Waals surface area contributed by atoms with E-state index in [9.17, 15) is 4.79 Å².